The van der Waals surface area contributed by atoms with Crippen LogP contribution < -0.4 is 10.6 Å². The van der Waals surface area contributed by atoms with Crippen molar-refractivity contribution >= 4 is 11.8 Å². The first kappa shape index (κ1) is 12.0. The van der Waals surface area contributed by atoms with Gasteiger partial charge in [0.05, 0.1) is 0 Å². The van der Waals surface area contributed by atoms with Gasteiger partial charge in [-0.2, -0.15) is 0 Å². The molecule has 0 bridgehead atoms. The Morgan fingerprint density at radius 2 is 1.87 bits per heavy atom. The Labute approximate surface area is 90.8 Å². The molecule has 0 aliphatic heterocycles. The first-order chi connectivity index (χ1) is 7.24. The summed E-state index contributed by atoms with van der Waals surface area (Å²) in [5.74, 6) is -0.964. The number of carbonyl (C=O) groups is 2. The largest absolute Gasteiger partial charge is 0.348 e. The zero-order valence-corrected chi connectivity index (χ0v) is 9.34. The lowest BCUT2D eigenvalue weighted by molar-refractivity contribution is -0.139. The molecular formula is C11H20N2O2. The third-order valence-electron chi connectivity index (χ3n) is 2.71. The van der Waals surface area contributed by atoms with Crippen molar-refractivity contribution in [1.82, 2.24) is 10.6 Å². The van der Waals surface area contributed by atoms with E-state index in [4.69, 9.17) is 0 Å². The second kappa shape index (κ2) is 6.43. The van der Waals surface area contributed by atoms with Crippen LogP contribution >= 0.6 is 0 Å². The molecule has 1 fully saturated rings. The summed E-state index contributed by atoms with van der Waals surface area (Å²) in [6.45, 7) is 2.64. The molecule has 2 N–H and O–H groups in total. The lowest BCUT2D eigenvalue weighted by Gasteiger charge is -2.11. The number of amides is 2. The van der Waals surface area contributed by atoms with Gasteiger partial charge in [-0.3, -0.25) is 9.59 Å². The van der Waals surface area contributed by atoms with E-state index < -0.39 is 11.8 Å². The highest BCUT2D eigenvalue weighted by molar-refractivity contribution is 6.35. The standard InChI is InChI=1S/C11H20N2O2/c1-2-3-8-12-10(14)11(15)13-9-6-4-5-7-9/h9H,2-8H2,1H3,(H,12,14)(H,13,15). The van der Waals surface area contributed by atoms with Crippen molar-refractivity contribution in [2.24, 2.45) is 0 Å². The molecule has 0 unspecified atom stereocenters. The van der Waals surface area contributed by atoms with Gasteiger partial charge in [-0.25, -0.2) is 0 Å². The summed E-state index contributed by atoms with van der Waals surface area (Å²) in [6, 6.07) is 0.217. The second-order valence-electron chi connectivity index (χ2n) is 4.06. The van der Waals surface area contributed by atoms with E-state index in [-0.39, 0.29) is 6.04 Å². The third-order valence-corrected chi connectivity index (χ3v) is 2.71. The van der Waals surface area contributed by atoms with E-state index in [1.54, 1.807) is 0 Å². The number of hydrogen-bond acceptors (Lipinski definition) is 2. The van der Waals surface area contributed by atoms with Crippen molar-refractivity contribution in [2.75, 3.05) is 6.54 Å². The molecule has 1 saturated carbocycles. The molecule has 0 aromatic rings. The molecule has 0 atom stereocenters. The van der Waals surface area contributed by atoms with Gasteiger partial charge in [-0.15, -0.1) is 0 Å². The van der Waals surface area contributed by atoms with Crippen molar-refractivity contribution in [1.29, 1.82) is 0 Å². The van der Waals surface area contributed by atoms with Gasteiger partial charge in [0.2, 0.25) is 0 Å². The van der Waals surface area contributed by atoms with Gasteiger partial charge < -0.3 is 10.6 Å². The minimum absolute atomic E-state index is 0.217. The van der Waals surface area contributed by atoms with E-state index in [9.17, 15) is 9.59 Å². The minimum atomic E-state index is -0.490. The second-order valence-corrected chi connectivity index (χ2v) is 4.06. The summed E-state index contributed by atoms with van der Waals surface area (Å²) < 4.78 is 0. The highest BCUT2D eigenvalue weighted by Gasteiger charge is 2.20. The van der Waals surface area contributed by atoms with E-state index in [2.05, 4.69) is 10.6 Å². The molecule has 0 radical (unpaired) electrons. The Hall–Kier alpha value is -1.06. The molecule has 4 nitrogen and oxygen atoms in total. The summed E-state index contributed by atoms with van der Waals surface area (Å²) in [5, 5.41) is 5.36. The average Bonchev–Trinajstić information content (AvgIpc) is 2.70. The fraction of sp³-hybridized carbons (Fsp3) is 0.818. The van der Waals surface area contributed by atoms with Crippen molar-refractivity contribution in [3.05, 3.63) is 0 Å². The number of rotatable bonds is 4. The van der Waals surface area contributed by atoms with Crippen LogP contribution in [0.1, 0.15) is 45.4 Å². The third kappa shape index (κ3) is 4.32. The van der Waals surface area contributed by atoms with E-state index in [1.807, 2.05) is 6.92 Å². The molecule has 0 aromatic carbocycles. The molecule has 4 heteroatoms. The van der Waals surface area contributed by atoms with E-state index in [0.717, 1.165) is 38.5 Å². The molecule has 0 spiro atoms. The number of nitrogens with one attached hydrogen (secondary N) is 2. The van der Waals surface area contributed by atoms with Gasteiger partial charge in [-0.1, -0.05) is 26.2 Å². The smallest absolute Gasteiger partial charge is 0.309 e. The predicted molar refractivity (Wildman–Crippen MR) is 58.3 cm³/mol. The van der Waals surface area contributed by atoms with Crippen LogP contribution in [0.15, 0.2) is 0 Å². The average molecular weight is 212 g/mol. The van der Waals surface area contributed by atoms with Crippen LogP contribution in [0.2, 0.25) is 0 Å². The zero-order valence-electron chi connectivity index (χ0n) is 9.34. The molecular weight excluding hydrogens is 192 g/mol. The van der Waals surface area contributed by atoms with Crippen molar-refractivity contribution < 1.29 is 9.59 Å². The van der Waals surface area contributed by atoms with Gasteiger partial charge in [0.1, 0.15) is 0 Å². The van der Waals surface area contributed by atoms with Crippen LogP contribution in [0.4, 0.5) is 0 Å². The summed E-state index contributed by atoms with van der Waals surface area (Å²) in [6.07, 6.45) is 6.26. The molecule has 0 aromatic heterocycles. The van der Waals surface area contributed by atoms with Gasteiger partial charge in [0.15, 0.2) is 0 Å². The quantitative estimate of drug-likeness (QED) is 0.538. The Bertz CT molecular complexity index is 223. The number of unbranched alkanes of at least 4 members (excludes halogenated alkanes) is 1. The summed E-state index contributed by atoms with van der Waals surface area (Å²) in [7, 11) is 0. The minimum Gasteiger partial charge on any atom is -0.348 e. The van der Waals surface area contributed by atoms with Crippen molar-refractivity contribution in [3.63, 3.8) is 0 Å². The SMILES string of the molecule is CCCCNC(=O)C(=O)NC1CCCC1. The van der Waals surface area contributed by atoms with Crippen LogP contribution in [-0.2, 0) is 9.59 Å². The Morgan fingerprint density at radius 1 is 1.20 bits per heavy atom. The first-order valence-electron chi connectivity index (χ1n) is 5.82. The maximum atomic E-state index is 11.4. The summed E-state index contributed by atoms with van der Waals surface area (Å²) >= 11 is 0. The molecule has 2 amide bonds. The van der Waals surface area contributed by atoms with Gasteiger partial charge in [0, 0.05) is 12.6 Å². The maximum absolute atomic E-state index is 11.4. The van der Waals surface area contributed by atoms with Gasteiger partial charge >= 0.3 is 11.8 Å². The lowest BCUT2D eigenvalue weighted by Crippen LogP contribution is -2.43. The zero-order chi connectivity index (χ0) is 11.1. The van der Waals surface area contributed by atoms with Crippen molar-refractivity contribution in [3.8, 4) is 0 Å². The van der Waals surface area contributed by atoms with Gasteiger partial charge in [-0.05, 0) is 19.3 Å². The van der Waals surface area contributed by atoms with E-state index in [1.165, 1.54) is 0 Å². The Balaban J connectivity index is 2.17. The van der Waals surface area contributed by atoms with Crippen LogP contribution in [0.3, 0.4) is 0 Å². The van der Waals surface area contributed by atoms with Crippen LogP contribution in [0, 0.1) is 0 Å². The highest BCUT2D eigenvalue weighted by atomic mass is 16.2. The van der Waals surface area contributed by atoms with E-state index >= 15 is 0 Å². The molecule has 0 heterocycles. The van der Waals surface area contributed by atoms with E-state index in [0.29, 0.717) is 6.54 Å². The monoisotopic (exact) mass is 212 g/mol. The first-order valence-corrected chi connectivity index (χ1v) is 5.82. The summed E-state index contributed by atoms with van der Waals surface area (Å²) in [5.41, 5.74) is 0. The fourth-order valence-electron chi connectivity index (χ4n) is 1.78. The summed E-state index contributed by atoms with van der Waals surface area (Å²) in [4.78, 5) is 22.7. The molecule has 15 heavy (non-hydrogen) atoms. The number of carbonyl (C=O) groups excluding carboxylic acids is 2. The fourth-order valence-corrected chi connectivity index (χ4v) is 1.78. The lowest BCUT2D eigenvalue weighted by atomic mass is 10.2. The maximum Gasteiger partial charge on any atom is 0.309 e. The highest BCUT2D eigenvalue weighted by Crippen LogP contribution is 2.17. The topological polar surface area (TPSA) is 58.2 Å². The Kier molecular flexibility index (Phi) is 5.15. The van der Waals surface area contributed by atoms with Crippen molar-refractivity contribution in [2.45, 2.75) is 51.5 Å². The van der Waals surface area contributed by atoms with Gasteiger partial charge in [0.25, 0.3) is 0 Å². The molecule has 1 aliphatic carbocycles. The molecule has 1 aliphatic rings. The normalized spacial score (nSPS) is 16.3. The molecule has 0 saturated heterocycles. The molecule has 1 rings (SSSR count). The van der Waals surface area contributed by atoms with Crippen LogP contribution in [-0.4, -0.2) is 24.4 Å². The Morgan fingerprint density at radius 3 is 2.47 bits per heavy atom. The number of hydrogen-bond donors (Lipinski definition) is 2. The molecule has 86 valence electrons. The van der Waals surface area contributed by atoms with Crippen LogP contribution in [0.5, 0.6) is 0 Å². The van der Waals surface area contributed by atoms with Crippen LogP contribution in [0.25, 0.3) is 0 Å². The predicted octanol–water partition coefficient (Wildman–Crippen LogP) is 0.961.